The summed E-state index contributed by atoms with van der Waals surface area (Å²) in [5, 5.41) is 3.83. The Morgan fingerprint density at radius 2 is 1.76 bits per heavy atom. The third-order valence-corrected chi connectivity index (χ3v) is 7.32. The van der Waals surface area contributed by atoms with Crippen molar-refractivity contribution in [1.82, 2.24) is 19.4 Å². The first kappa shape index (κ1) is 28.9. The fraction of sp³-hybridized carbons (Fsp3) is 0.375. The Labute approximate surface area is 247 Å². The summed E-state index contributed by atoms with van der Waals surface area (Å²) in [5.41, 5.74) is 4.33. The number of nitrogens with zero attached hydrogens (tertiary/aromatic N) is 4. The molecule has 1 N–H and O–H groups in total. The summed E-state index contributed by atoms with van der Waals surface area (Å²) in [6.07, 6.45) is 4.06. The van der Waals surface area contributed by atoms with E-state index in [4.69, 9.17) is 30.8 Å². The van der Waals surface area contributed by atoms with Crippen molar-refractivity contribution < 1.29 is 14.2 Å². The van der Waals surface area contributed by atoms with Crippen LogP contribution in [0.4, 0.5) is 5.82 Å². The minimum atomic E-state index is 0.544. The third-order valence-electron chi connectivity index (χ3n) is 7.02. The van der Waals surface area contributed by atoms with E-state index in [1.807, 2.05) is 36.5 Å². The minimum Gasteiger partial charge on any atom is -0.486 e. The SMILES string of the molecule is CCCCn1c(-c2ccccc2)nc(Cl)c1CN(Cc1ccc(NCCOC)nc1)Cc1ccc2c(c1)OCCO2. The van der Waals surface area contributed by atoms with Crippen molar-refractivity contribution >= 4 is 17.4 Å². The summed E-state index contributed by atoms with van der Waals surface area (Å²) >= 11 is 6.88. The van der Waals surface area contributed by atoms with Gasteiger partial charge in [0.2, 0.25) is 0 Å². The number of hydrogen-bond donors (Lipinski definition) is 1. The molecular formula is C32H38ClN5O3. The molecule has 2 aromatic carbocycles. The molecule has 0 spiro atoms. The molecule has 8 nitrogen and oxygen atoms in total. The number of halogens is 1. The van der Waals surface area contributed by atoms with Gasteiger partial charge in [-0.25, -0.2) is 9.97 Å². The van der Waals surface area contributed by atoms with E-state index in [0.717, 1.165) is 64.9 Å². The molecule has 41 heavy (non-hydrogen) atoms. The molecule has 0 amide bonds. The third kappa shape index (κ3) is 7.58. The first-order valence-corrected chi connectivity index (χ1v) is 14.6. The molecule has 3 heterocycles. The zero-order chi connectivity index (χ0) is 28.4. The summed E-state index contributed by atoms with van der Waals surface area (Å²) in [6, 6.07) is 20.6. The van der Waals surface area contributed by atoms with E-state index < -0.39 is 0 Å². The number of benzene rings is 2. The van der Waals surface area contributed by atoms with Gasteiger partial charge in [0, 0.05) is 51.6 Å². The van der Waals surface area contributed by atoms with Crippen molar-refractivity contribution in [1.29, 1.82) is 0 Å². The molecule has 4 aromatic rings. The number of ether oxygens (including phenoxy) is 3. The van der Waals surface area contributed by atoms with Gasteiger partial charge in [-0.3, -0.25) is 4.90 Å². The summed E-state index contributed by atoms with van der Waals surface area (Å²) in [6.45, 7) is 7.55. The highest BCUT2D eigenvalue weighted by Crippen LogP contribution is 2.32. The van der Waals surface area contributed by atoms with Crippen LogP contribution in [0.5, 0.6) is 11.5 Å². The van der Waals surface area contributed by atoms with Crippen molar-refractivity contribution in [3.8, 4) is 22.9 Å². The Hall–Kier alpha value is -3.59. The summed E-state index contributed by atoms with van der Waals surface area (Å²) in [4.78, 5) is 11.8. The number of nitrogens with one attached hydrogen (secondary N) is 1. The Balaban J connectivity index is 1.43. The molecule has 216 valence electrons. The van der Waals surface area contributed by atoms with Crippen molar-refractivity contribution in [3.05, 3.63) is 88.8 Å². The zero-order valence-electron chi connectivity index (χ0n) is 23.8. The quantitative estimate of drug-likeness (QED) is 0.174. The molecule has 0 unspecified atom stereocenters. The van der Waals surface area contributed by atoms with Crippen LogP contribution >= 0.6 is 11.6 Å². The van der Waals surface area contributed by atoms with E-state index in [9.17, 15) is 0 Å². The average molecular weight is 576 g/mol. The number of fused-ring (bicyclic) bond motifs is 1. The van der Waals surface area contributed by atoms with E-state index in [0.29, 0.717) is 51.2 Å². The van der Waals surface area contributed by atoms with Gasteiger partial charge >= 0.3 is 0 Å². The molecule has 0 bridgehead atoms. The molecular weight excluding hydrogens is 538 g/mol. The molecule has 9 heteroatoms. The Morgan fingerprint density at radius 3 is 2.51 bits per heavy atom. The number of aromatic nitrogens is 3. The molecule has 0 saturated carbocycles. The topological polar surface area (TPSA) is 73.7 Å². The van der Waals surface area contributed by atoms with E-state index in [2.05, 4.69) is 57.0 Å². The van der Waals surface area contributed by atoms with Crippen molar-refractivity contribution in [2.45, 2.75) is 45.9 Å². The van der Waals surface area contributed by atoms with Crippen LogP contribution in [0.15, 0.2) is 66.9 Å². The second-order valence-corrected chi connectivity index (χ2v) is 10.5. The van der Waals surface area contributed by atoms with Gasteiger partial charge in [-0.1, -0.05) is 67.4 Å². The number of pyridine rings is 1. The second-order valence-electron chi connectivity index (χ2n) is 10.1. The van der Waals surface area contributed by atoms with Crippen LogP contribution in [0, 0.1) is 0 Å². The summed E-state index contributed by atoms with van der Waals surface area (Å²) in [5.74, 6) is 3.32. The van der Waals surface area contributed by atoms with E-state index in [-0.39, 0.29) is 0 Å². The summed E-state index contributed by atoms with van der Waals surface area (Å²) < 4.78 is 19.0. The Kier molecular flexibility index (Phi) is 10.1. The maximum Gasteiger partial charge on any atom is 0.161 e. The van der Waals surface area contributed by atoms with E-state index in [1.54, 1.807) is 7.11 Å². The molecule has 0 saturated heterocycles. The summed E-state index contributed by atoms with van der Waals surface area (Å²) in [7, 11) is 1.69. The number of unbranched alkanes of at least 4 members (excludes halogenated alkanes) is 1. The van der Waals surface area contributed by atoms with Crippen molar-refractivity contribution in [2.75, 3.05) is 38.8 Å². The lowest BCUT2D eigenvalue weighted by atomic mass is 10.1. The first-order valence-electron chi connectivity index (χ1n) is 14.2. The monoisotopic (exact) mass is 575 g/mol. The van der Waals surface area contributed by atoms with Gasteiger partial charge in [0.25, 0.3) is 0 Å². The smallest absolute Gasteiger partial charge is 0.161 e. The normalized spacial score (nSPS) is 12.6. The van der Waals surface area contributed by atoms with Crippen LogP contribution in [0.25, 0.3) is 11.4 Å². The van der Waals surface area contributed by atoms with Gasteiger partial charge in [0.05, 0.1) is 12.3 Å². The number of imidazole rings is 1. The number of hydrogen-bond acceptors (Lipinski definition) is 7. The van der Waals surface area contributed by atoms with Crippen LogP contribution in [0.1, 0.15) is 36.6 Å². The zero-order valence-corrected chi connectivity index (χ0v) is 24.6. The molecule has 0 atom stereocenters. The van der Waals surface area contributed by atoms with Gasteiger partial charge in [0.15, 0.2) is 16.7 Å². The fourth-order valence-electron chi connectivity index (χ4n) is 4.96. The van der Waals surface area contributed by atoms with Crippen LogP contribution in [-0.4, -0.2) is 52.9 Å². The molecule has 1 aliphatic rings. The number of methoxy groups -OCH3 is 1. The lowest BCUT2D eigenvalue weighted by Gasteiger charge is -2.25. The van der Waals surface area contributed by atoms with Gasteiger partial charge in [-0.2, -0.15) is 0 Å². The highest BCUT2D eigenvalue weighted by atomic mass is 35.5. The predicted molar refractivity (Wildman–Crippen MR) is 163 cm³/mol. The Bertz CT molecular complexity index is 1390. The fourth-order valence-corrected chi connectivity index (χ4v) is 5.20. The number of rotatable bonds is 14. The highest BCUT2D eigenvalue weighted by molar-refractivity contribution is 6.30. The van der Waals surface area contributed by atoms with Gasteiger partial charge in [-0.05, 0) is 35.7 Å². The van der Waals surface area contributed by atoms with Gasteiger partial charge in [-0.15, -0.1) is 0 Å². The lowest BCUT2D eigenvalue weighted by Crippen LogP contribution is -2.25. The van der Waals surface area contributed by atoms with Crippen LogP contribution in [0.2, 0.25) is 5.15 Å². The van der Waals surface area contributed by atoms with Crippen molar-refractivity contribution in [3.63, 3.8) is 0 Å². The van der Waals surface area contributed by atoms with Gasteiger partial charge in [0.1, 0.15) is 24.9 Å². The minimum absolute atomic E-state index is 0.544. The second kappa shape index (κ2) is 14.3. The van der Waals surface area contributed by atoms with Crippen LogP contribution in [0.3, 0.4) is 0 Å². The van der Waals surface area contributed by atoms with Gasteiger partial charge < -0.3 is 24.1 Å². The number of anilines is 1. The molecule has 2 aromatic heterocycles. The molecule has 0 aliphatic carbocycles. The molecule has 1 aliphatic heterocycles. The lowest BCUT2D eigenvalue weighted by molar-refractivity contribution is 0.170. The first-order chi connectivity index (χ1) is 20.1. The molecule has 0 fully saturated rings. The molecule has 5 rings (SSSR count). The van der Waals surface area contributed by atoms with E-state index in [1.165, 1.54) is 0 Å². The predicted octanol–water partition coefficient (Wildman–Crippen LogP) is 6.43. The standard InChI is InChI=1S/C32H38ClN5O3/c1-3-4-15-38-27(31(33)36-32(38)26-8-6-5-7-9-26)23-37(21-24-10-12-28-29(19-24)41-18-17-40-28)22-25-11-13-30(35-20-25)34-14-16-39-2/h5-13,19-20H,3-4,14-18,21-23H2,1-2H3,(H,34,35). The molecule has 0 radical (unpaired) electrons. The maximum atomic E-state index is 6.88. The Morgan fingerprint density at radius 1 is 0.976 bits per heavy atom. The average Bonchev–Trinajstić information content (AvgIpc) is 3.31. The van der Waals surface area contributed by atoms with E-state index >= 15 is 0 Å². The highest BCUT2D eigenvalue weighted by Gasteiger charge is 2.21. The van der Waals surface area contributed by atoms with Crippen LogP contribution in [-0.2, 0) is 30.9 Å². The largest absolute Gasteiger partial charge is 0.486 e. The maximum absolute atomic E-state index is 6.88. The van der Waals surface area contributed by atoms with Crippen molar-refractivity contribution in [2.24, 2.45) is 0 Å². The van der Waals surface area contributed by atoms with Crippen LogP contribution < -0.4 is 14.8 Å².